The summed E-state index contributed by atoms with van der Waals surface area (Å²) >= 11 is 5.72. The summed E-state index contributed by atoms with van der Waals surface area (Å²) in [6.45, 7) is 0. The summed E-state index contributed by atoms with van der Waals surface area (Å²) in [7, 11) is -0.401. The van der Waals surface area contributed by atoms with Crippen LogP contribution >= 0.6 is 11.6 Å². The minimum absolute atomic E-state index is 0.207. The molecule has 0 amide bonds. The maximum absolute atomic E-state index is 12.4. The van der Waals surface area contributed by atoms with Gasteiger partial charge < -0.3 is 0 Å². The Bertz CT molecular complexity index is 682. The molecule has 19 heavy (non-hydrogen) atoms. The predicted octanol–water partition coefficient (Wildman–Crippen LogP) is 1.98. The van der Waals surface area contributed by atoms with E-state index < -0.39 is 10.0 Å². The van der Waals surface area contributed by atoms with Crippen LogP contribution in [-0.4, -0.2) is 25.2 Å². The van der Waals surface area contributed by atoms with E-state index in [4.69, 9.17) is 11.6 Å². The Morgan fingerprint density at radius 3 is 2.68 bits per heavy atom. The molecule has 2 aromatic rings. The smallest absolute Gasteiger partial charge is 0.265 e. The third-order valence-electron chi connectivity index (χ3n) is 2.73. The zero-order valence-corrected chi connectivity index (χ0v) is 12.2. The highest BCUT2D eigenvalue weighted by Crippen LogP contribution is 2.21. The summed E-state index contributed by atoms with van der Waals surface area (Å²) in [6, 6.07) is 8.22. The number of aromatic nitrogens is 2. The molecule has 2 rings (SSSR count). The zero-order valence-electron chi connectivity index (χ0n) is 10.6. The fourth-order valence-electron chi connectivity index (χ4n) is 1.64. The Hall–Kier alpha value is -1.53. The first-order valence-electron chi connectivity index (χ1n) is 5.58. The summed E-state index contributed by atoms with van der Waals surface area (Å²) in [5.74, 6) is 0.648. The van der Waals surface area contributed by atoms with E-state index in [1.54, 1.807) is 48.3 Å². The summed E-state index contributed by atoms with van der Waals surface area (Å²) in [4.78, 5) is 0.207. The summed E-state index contributed by atoms with van der Waals surface area (Å²) in [6.07, 6.45) is 1.69. The first-order valence-corrected chi connectivity index (χ1v) is 7.56. The van der Waals surface area contributed by atoms with Gasteiger partial charge in [-0.2, -0.15) is 5.10 Å². The molecule has 0 N–H and O–H groups in total. The van der Waals surface area contributed by atoms with Gasteiger partial charge in [0.15, 0.2) is 5.82 Å². The van der Waals surface area contributed by atoms with Crippen LogP contribution in [0.15, 0.2) is 41.4 Å². The number of nitrogens with zero attached hydrogens (tertiary/aromatic N) is 3. The lowest BCUT2D eigenvalue weighted by Crippen LogP contribution is -2.27. The SMILES string of the molecule is CN(c1ccn(C)n1)S(=O)(=O)c1cccc(CCl)c1. The molecule has 0 atom stereocenters. The molecule has 5 nitrogen and oxygen atoms in total. The molecule has 0 bridgehead atoms. The first-order chi connectivity index (χ1) is 8.95. The number of rotatable bonds is 4. The van der Waals surface area contributed by atoms with Crippen LogP contribution in [0.3, 0.4) is 0 Å². The van der Waals surface area contributed by atoms with Crippen molar-refractivity contribution in [3.63, 3.8) is 0 Å². The van der Waals surface area contributed by atoms with Gasteiger partial charge in [0, 0.05) is 32.2 Å². The lowest BCUT2D eigenvalue weighted by Gasteiger charge is -2.17. The van der Waals surface area contributed by atoms with Crippen LogP contribution in [0.4, 0.5) is 5.82 Å². The van der Waals surface area contributed by atoms with Crippen molar-refractivity contribution < 1.29 is 8.42 Å². The summed E-state index contributed by atoms with van der Waals surface area (Å²) in [5, 5.41) is 4.08. The lowest BCUT2D eigenvalue weighted by atomic mass is 10.2. The molecule has 0 aliphatic heterocycles. The standard InChI is InChI=1S/C12H14ClN3O2S/c1-15-7-6-12(14-15)16(2)19(17,18)11-5-3-4-10(8-11)9-13/h3-8H,9H2,1-2H3. The maximum atomic E-state index is 12.4. The fraction of sp³-hybridized carbons (Fsp3) is 0.250. The molecule has 1 heterocycles. The molecule has 1 aromatic carbocycles. The van der Waals surface area contributed by atoms with E-state index in [1.807, 2.05) is 0 Å². The number of alkyl halides is 1. The monoisotopic (exact) mass is 299 g/mol. The van der Waals surface area contributed by atoms with Crippen LogP contribution in [0.1, 0.15) is 5.56 Å². The fourth-order valence-corrected chi connectivity index (χ4v) is 3.02. The number of sulfonamides is 1. The number of aryl methyl sites for hydroxylation is 1. The van der Waals surface area contributed by atoms with Gasteiger partial charge in [-0.1, -0.05) is 12.1 Å². The first kappa shape index (κ1) is 13.9. The van der Waals surface area contributed by atoms with Crippen molar-refractivity contribution in [1.29, 1.82) is 0 Å². The molecule has 0 saturated carbocycles. The van der Waals surface area contributed by atoms with Gasteiger partial charge in [0.05, 0.1) is 4.90 Å². The number of benzene rings is 1. The van der Waals surface area contributed by atoms with Crippen LogP contribution in [0, 0.1) is 0 Å². The average molecular weight is 300 g/mol. The van der Waals surface area contributed by atoms with Crippen LogP contribution in [0.5, 0.6) is 0 Å². The molecule has 0 aliphatic carbocycles. The maximum Gasteiger partial charge on any atom is 0.265 e. The second-order valence-corrected chi connectivity index (χ2v) is 6.34. The molecule has 1 aromatic heterocycles. The number of hydrogen-bond donors (Lipinski definition) is 0. The molecule has 0 saturated heterocycles. The van der Waals surface area contributed by atoms with Crippen molar-refractivity contribution in [1.82, 2.24) is 9.78 Å². The van der Waals surface area contributed by atoms with Gasteiger partial charge in [-0.3, -0.25) is 8.99 Å². The number of anilines is 1. The largest absolute Gasteiger partial charge is 0.274 e. The van der Waals surface area contributed by atoms with Crippen LogP contribution < -0.4 is 4.31 Å². The molecule has 7 heteroatoms. The molecule has 0 unspecified atom stereocenters. The van der Waals surface area contributed by atoms with E-state index in [9.17, 15) is 8.42 Å². The molecule has 0 radical (unpaired) electrons. The van der Waals surface area contributed by atoms with Gasteiger partial charge in [-0.25, -0.2) is 8.42 Å². The molecule has 102 valence electrons. The van der Waals surface area contributed by atoms with E-state index in [2.05, 4.69) is 5.10 Å². The Morgan fingerprint density at radius 1 is 1.37 bits per heavy atom. The molecular formula is C12H14ClN3O2S. The topological polar surface area (TPSA) is 55.2 Å². The van der Waals surface area contributed by atoms with Crippen LogP contribution in [0.2, 0.25) is 0 Å². The molecule has 0 spiro atoms. The van der Waals surface area contributed by atoms with Gasteiger partial charge in [-0.15, -0.1) is 11.6 Å². The lowest BCUT2D eigenvalue weighted by molar-refractivity contribution is 0.593. The highest BCUT2D eigenvalue weighted by molar-refractivity contribution is 7.92. The van der Waals surface area contributed by atoms with E-state index >= 15 is 0 Å². The van der Waals surface area contributed by atoms with E-state index in [-0.39, 0.29) is 10.8 Å². The number of hydrogen-bond acceptors (Lipinski definition) is 3. The molecule has 0 aliphatic rings. The predicted molar refractivity (Wildman–Crippen MR) is 74.8 cm³/mol. The van der Waals surface area contributed by atoms with E-state index in [0.29, 0.717) is 5.82 Å². The van der Waals surface area contributed by atoms with Gasteiger partial charge in [-0.05, 0) is 17.7 Å². The Balaban J connectivity index is 2.41. The highest BCUT2D eigenvalue weighted by Gasteiger charge is 2.22. The zero-order chi connectivity index (χ0) is 14.0. The van der Waals surface area contributed by atoms with Crippen molar-refractivity contribution in [2.45, 2.75) is 10.8 Å². The third-order valence-corrected chi connectivity index (χ3v) is 4.80. The van der Waals surface area contributed by atoms with Crippen molar-refractivity contribution in [2.24, 2.45) is 7.05 Å². The number of halogens is 1. The van der Waals surface area contributed by atoms with E-state index in [0.717, 1.165) is 9.87 Å². The second-order valence-electron chi connectivity index (χ2n) is 4.10. The van der Waals surface area contributed by atoms with Crippen molar-refractivity contribution in [3.8, 4) is 0 Å². The van der Waals surface area contributed by atoms with Gasteiger partial charge in [0.25, 0.3) is 10.0 Å². The Labute approximate surface area is 117 Å². The van der Waals surface area contributed by atoms with Crippen LogP contribution in [-0.2, 0) is 23.0 Å². The highest BCUT2D eigenvalue weighted by atomic mass is 35.5. The van der Waals surface area contributed by atoms with Crippen LogP contribution in [0.25, 0.3) is 0 Å². The average Bonchev–Trinajstić information content (AvgIpc) is 2.84. The minimum atomic E-state index is -3.61. The summed E-state index contributed by atoms with van der Waals surface area (Å²) in [5.41, 5.74) is 0.761. The quantitative estimate of drug-likeness (QED) is 0.811. The van der Waals surface area contributed by atoms with E-state index in [1.165, 1.54) is 7.05 Å². The van der Waals surface area contributed by atoms with Gasteiger partial charge >= 0.3 is 0 Å². The van der Waals surface area contributed by atoms with Gasteiger partial charge in [0.2, 0.25) is 0 Å². The third kappa shape index (κ3) is 2.74. The minimum Gasteiger partial charge on any atom is -0.274 e. The molecular weight excluding hydrogens is 286 g/mol. The van der Waals surface area contributed by atoms with Crippen molar-refractivity contribution in [2.75, 3.05) is 11.4 Å². The Kier molecular flexibility index (Phi) is 3.82. The normalized spacial score (nSPS) is 11.5. The second kappa shape index (κ2) is 5.22. The molecule has 0 fully saturated rings. The summed E-state index contributed by atoms with van der Waals surface area (Å²) < 4.78 is 27.6. The van der Waals surface area contributed by atoms with Crippen molar-refractivity contribution >= 4 is 27.4 Å². The van der Waals surface area contributed by atoms with Gasteiger partial charge in [0.1, 0.15) is 0 Å². The van der Waals surface area contributed by atoms with Crippen molar-refractivity contribution in [3.05, 3.63) is 42.1 Å². The Morgan fingerprint density at radius 2 is 2.11 bits per heavy atom.